The van der Waals surface area contributed by atoms with Gasteiger partial charge in [0.1, 0.15) is 0 Å². The summed E-state index contributed by atoms with van der Waals surface area (Å²) in [6.45, 7) is 7.62. The van der Waals surface area contributed by atoms with Crippen molar-refractivity contribution in [2.75, 3.05) is 12.3 Å². The molecule has 1 fully saturated rings. The molecule has 0 radical (unpaired) electrons. The first-order valence-corrected chi connectivity index (χ1v) is 5.66. The minimum atomic E-state index is 0.630. The second kappa shape index (κ2) is 4.75. The fourth-order valence-electron chi connectivity index (χ4n) is 1.07. The van der Waals surface area contributed by atoms with Crippen molar-refractivity contribution in [2.45, 2.75) is 33.2 Å². The predicted molar refractivity (Wildman–Crippen MR) is 56.8 cm³/mol. The summed E-state index contributed by atoms with van der Waals surface area (Å²) in [6.07, 6.45) is 1.14. The summed E-state index contributed by atoms with van der Waals surface area (Å²) in [5.41, 5.74) is 0. The molecule has 1 heterocycles. The monoisotopic (exact) mass is 186 g/mol. The molecular formula is C9H18N2S. The Bertz CT molecular complexity index is 166. The normalized spacial score (nSPS) is 26.7. The van der Waals surface area contributed by atoms with Crippen LogP contribution in [-0.2, 0) is 0 Å². The topological polar surface area (TPSA) is 24.4 Å². The number of nitrogens with zero attached hydrogens (tertiary/aromatic N) is 1. The summed E-state index contributed by atoms with van der Waals surface area (Å²) < 4.78 is 0. The summed E-state index contributed by atoms with van der Waals surface area (Å²) in [6, 6.07) is 0.630. The van der Waals surface area contributed by atoms with Crippen LogP contribution in [0.2, 0.25) is 0 Å². The summed E-state index contributed by atoms with van der Waals surface area (Å²) in [5.74, 6) is 1.90. The van der Waals surface area contributed by atoms with E-state index in [-0.39, 0.29) is 0 Å². The first-order chi connectivity index (χ1) is 5.74. The average molecular weight is 186 g/mol. The van der Waals surface area contributed by atoms with E-state index in [2.05, 4.69) is 31.1 Å². The van der Waals surface area contributed by atoms with Crippen molar-refractivity contribution in [3.05, 3.63) is 0 Å². The Kier molecular flexibility index (Phi) is 3.92. The lowest BCUT2D eigenvalue weighted by Crippen LogP contribution is -2.31. The van der Waals surface area contributed by atoms with Crippen molar-refractivity contribution in [1.82, 2.24) is 5.32 Å². The first-order valence-electron chi connectivity index (χ1n) is 4.67. The van der Waals surface area contributed by atoms with Gasteiger partial charge in [0, 0.05) is 18.3 Å². The Morgan fingerprint density at radius 2 is 2.42 bits per heavy atom. The van der Waals surface area contributed by atoms with Gasteiger partial charge in [0.2, 0.25) is 0 Å². The van der Waals surface area contributed by atoms with Crippen LogP contribution >= 0.6 is 11.8 Å². The molecule has 1 N–H and O–H groups in total. The Labute approximate surface area is 79.2 Å². The van der Waals surface area contributed by atoms with Gasteiger partial charge in [-0.25, -0.2) is 0 Å². The Morgan fingerprint density at radius 1 is 1.67 bits per heavy atom. The zero-order valence-electron chi connectivity index (χ0n) is 8.13. The highest BCUT2D eigenvalue weighted by molar-refractivity contribution is 8.14. The van der Waals surface area contributed by atoms with Gasteiger partial charge in [-0.1, -0.05) is 32.5 Å². The molecule has 0 spiro atoms. The van der Waals surface area contributed by atoms with Crippen LogP contribution in [0, 0.1) is 5.92 Å². The van der Waals surface area contributed by atoms with Gasteiger partial charge in [0.15, 0.2) is 5.17 Å². The molecule has 0 bridgehead atoms. The molecule has 3 heteroatoms. The van der Waals surface area contributed by atoms with E-state index in [1.165, 1.54) is 5.75 Å². The fourth-order valence-corrected chi connectivity index (χ4v) is 2.30. The maximum atomic E-state index is 4.44. The highest BCUT2D eigenvalue weighted by Crippen LogP contribution is 2.18. The third-order valence-corrected chi connectivity index (χ3v) is 3.04. The van der Waals surface area contributed by atoms with E-state index < -0.39 is 0 Å². The molecule has 1 saturated heterocycles. The van der Waals surface area contributed by atoms with Gasteiger partial charge >= 0.3 is 0 Å². The minimum absolute atomic E-state index is 0.630. The maximum Gasteiger partial charge on any atom is 0.156 e. The molecule has 70 valence electrons. The van der Waals surface area contributed by atoms with E-state index in [1.54, 1.807) is 0 Å². The molecule has 0 aromatic heterocycles. The van der Waals surface area contributed by atoms with E-state index in [1.807, 2.05) is 11.8 Å². The van der Waals surface area contributed by atoms with Gasteiger partial charge in [-0.15, -0.1) is 0 Å². The molecule has 2 nitrogen and oxygen atoms in total. The van der Waals surface area contributed by atoms with Crippen molar-refractivity contribution < 1.29 is 0 Å². The zero-order chi connectivity index (χ0) is 8.97. The molecule has 1 unspecified atom stereocenters. The third kappa shape index (κ3) is 2.70. The molecule has 1 aliphatic rings. The number of hydrogen-bond donors (Lipinski definition) is 1. The van der Waals surface area contributed by atoms with Gasteiger partial charge in [0.25, 0.3) is 0 Å². The van der Waals surface area contributed by atoms with E-state index in [0.717, 1.165) is 18.1 Å². The number of thioether (sulfide) groups is 1. The van der Waals surface area contributed by atoms with E-state index in [0.29, 0.717) is 12.0 Å². The van der Waals surface area contributed by atoms with Crippen LogP contribution in [0.4, 0.5) is 0 Å². The number of amidine groups is 1. The van der Waals surface area contributed by atoms with Gasteiger partial charge < -0.3 is 5.32 Å². The third-order valence-electron chi connectivity index (χ3n) is 1.99. The van der Waals surface area contributed by atoms with Crippen LogP contribution in [-0.4, -0.2) is 23.5 Å². The van der Waals surface area contributed by atoms with Crippen LogP contribution in [0.15, 0.2) is 4.99 Å². The SMILES string of the molecule is CCCN=C1NC(C(C)C)CS1. The largest absolute Gasteiger partial charge is 0.361 e. The van der Waals surface area contributed by atoms with Crippen LogP contribution in [0.25, 0.3) is 0 Å². The maximum absolute atomic E-state index is 4.44. The van der Waals surface area contributed by atoms with E-state index >= 15 is 0 Å². The zero-order valence-corrected chi connectivity index (χ0v) is 8.95. The Balaban J connectivity index is 2.34. The number of aliphatic imine (C=N–C) groups is 1. The van der Waals surface area contributed by atoms with Gasteiger partial charge in [-0.2, -0.15) is 0 Å². The van der Waals surface area contributed by atoms with Gasteiger partial charge in [-0.3, -0.25) is 4.99 Å². The van der Waals surface area contributed by atoms with E-state index in [4.69, 9.17) is 0 Å². The Hall–Kier alpha value is -0.180. The second-order valence-corrected chi connectivity index (χ2v) is 4.50. The molecule has 0 aromatic rings. The molecule has 0 aromatic carbocycles. The number of rotatable bonds is 3. The quantitative estimate of drug-likeness (QED) is 0.730. The first kappa shape index (κ1) is 9.90. The fraction of sp³-hybridized carbons (Fsp3) is 0.889. The van der Waals surface area contributed by atoms with Crippen molar-refractivity contribution in [1.29, 1.82) is 0 Å². The molecule has 1 rings (SSSR count). The average Bonchev–Trinajstić information content (AvgIpc) is 2.48. The summed E-state index contributed by atoms with van der Waals surface area (Å²) in [5, 5.41) is 4.59. The molecule has 12 heavy (non-hydrogen) atoms. The van der Waals surface area contributed by atoms with Crippen LogP contribution in [0.3, 0.4) is 0 Å². The smallest absolute Gasteiger partial charge is 0.156 e. The van der Waals surface area contributed by atoms with Crippen molar-refractivity contribution in [3.8, 4) is 0 Å². The van der Waals surface area contributed by atoms with Crippen LogP contribution < -0.4 is 5.32 Å². The number of hydrogen-bond acceptors (Lipinski definition) is 2. The van der Waals surface area contributed by atoms with E-state index in [9.17, 15) is 0 Å². The summed E-state index contributed by atoms with van der Waals surface area (Å²) in [7, 11) is 0. The van der Waals surface area contributed by atoms with Crippen LogP contribution in [0.5, 0.6) is 0 Å². The second-order valence-electron chi connectivity index (χ2n) is 3.49. The molecular weight excluding hydrogens is 168 g/mol. The predicted octanol–water partition coefficient (Wildman–Crippen LogP) is 2.11. The van der Waals surface area contributed by atoms with Crippen molar-refractivity contribution >= 4 is 16.9 Å². The lowest BCUT2D eigenvalue weighted by atomic mass is 10.1. The Morgan fingerprint density at radius 3 is 2.92 bits per heavy atom. The van der Waals surface area contributed by atoms with Crippen molar-refractivity contribution in [3.63, 3.8) is 0 Å². The lowest BCUT2D eigenvalue weighted by molar-refractivity contribution is 0.503. The van der Waals surface area contributed by atoms with Gasteiger partial charge in [0.05, 0.1) is 0 Å². The minimum Gasteiger partial charge on any atom is -0.361 e. The summed E-state index contributed by atoms with van der Waals surface area (Å²) in [4.78, 5) is 4.44. The van der Waals surface area contributed by atoms with Crippen molar-refractivity contribution in [2.24, 2.45) is 10.9 Å². The highest BCUT2D eigenvalue weighted by atomic mass is 32.2. The summed E-state index contributed by atoms with van der Waals surface area (Å²) >= 11 is 1.86. The highest BCUT2D eigenvalue weighted by Gasteiger charge is 2.22. The number of nitrogens with one attached hydrogen (secondary N) is 1. The van der Waals surface area contributed by atoms with Crippen LogP contribution in [0.1, 0.15) is 27.2 Å². The standard InChI is InChI=1S/C9H18N2S/c1-4-5-10-9-11-8(6-12-9)7(2)3/h7-8H,4-6H2,1-3H3,(H,10,11). The lowest BCUT2D eigenvalue weighted by Gasteiger charge is -2.12. The molecule has 0 aliphatic carbocycles. The molecule has 1 atom stereocenters. The van der Waals surface area contributed by atoms with Gasteiger partial charge in [-0.05, 0) is 12.3 Å². The molecule has 1 aliphatic heterocycles. The molecule has 0 amide bonds. The molecule has 0 saturated carbocycles.